The molecule has 2 aromatic carbocycles. The Hall–Kier alpha value is -3.08. The van der Waals surface area contributed by atoms with E-state index in [1.807, 2.05) is 43.3 Å². The van der Waals surface area contributed by atoms with Crippen molar-refractivity contribution in [2.24, 2.45) is 7.05 Å². The highest BCUT2D eigenvalue weighted by molar-refractivity contribution is 6.07. The fraction of sp³-hybridized carbons (Fsp3) is 0.158. The van der Waals surface area contributed by atoms with Gasteiger partial charge in [0, 0.05) is 24.4 Å². The maximum absolute atomic E-state index is 12.5. The number of amides is 1. The minimum atomic E-state index is -0.424. The van der Waals surface area contributed by atoms with Crippen LogP contribution in [-0.2, 0) is 11.8 Å². The second-order valence-electron chi connectivity index (χ2n) is 5.50. The number of anilines is 1. The molecule has 0 spiro atoms. The van der Waals surface area contributed by atoms with Gasteiger partial charge < -0.3 is 9.73 Å². The summed E-state index contributed by atoms with van der Waals surface area (Å²) in [7, 11) is 1.64. The van der Waals surface area contributed by atoms with E-state index in [0.29, 0.717) is 28.8 Å². The first-order chi connectivity index (χ1) is 11.6. The number of aryl methyl sites for hydroxylation is 1. The number of fused-ring (bicyclic) bond motifs is 1. The Kier molecular flexibility index (Phi) is 4.33. The van der Waals surface area contributed by atoms with Gasteiger partial charge in [0.1, 0.15) is 0 Å². The summed E-state index contributed by atoms with van der Waals surface area (Å²) in [6, 6.07) is 14.9. The summed E-state index contributed by atoms with van der Waals surface area (Å²) in [5, 5.41) is 2.86. The molecule has 1 amide bonds. The number of hydrogen-bond donors (Lipinski definition) is 1. The highest BCUT2D eigenvalue weighted by Crippen LogP contribution is 2.19. The molecule has 0 bridgehead atoms. The SMILES string of the molecule is CC/C(=C\c1ccccc1)C(=O)Nc1ccc2c(c1)oc(=O)n2C. The van der Waals surface area contributed by atoms with E-state index in [0.717, 1.165) is 5.56 Å². The molecule has 0 atom stereocenters. The van der Waals surface area contributed by atoms with Gasteiger partial charge in [-0.1, -0.05) is 37.3 Å². The maximum Gasteiger partial charge on any atom is 0.419 e. The van der Waals surface area contributed by atoms with E-state index in [2.05, 4.69) is 5.32 Å². The maximum atomic E-state index is 12.5. The number of rotatable bonds is 4. The molecule has 0 radical (unpaired) electrons. The van der Waals surface area contributed by atoms with Gasteiger partial charge in [-0.2, -0.15) is 0 Å². The summed E-state index contributed by atoms with van der Waals surface area (Å²) in [6.07, 6.45) is 2.49. The van der Waals surface area contributed by atoms with Gasteiger partial charge in [0.15, 0.2) is 5.58 Å². The molecule has 1 N–H and O–H groups in total. The monoisotopic (exact) mass is 322 g/mol. The minimum absolute atomic E-state index is 0.168. The number of nitrogens with zero attached hydrogens (tertiary/aromatic N) is 1. The number of aromatic nitrogens is 1. The molecule has 0 aliphatic rings. The Labute approximate surface area is 139 Å². The lowest BCUT2D eigenvalue weighted by Crippen LogP contribution is -2.13. The molecule has 0 saturated carbocycles. The van der Waals surface area contributed by atoms with E-state index in [1.54, 1.807) is 25.2 Å². The fourth-order valence-corrected chi connectivity index (χ4v) is 2.50. The van der Waals surface area contributed by atoms with Crippen molar-refractivity contribution in [3.8, 4) is 0 Å². The van der Waals surface area contributed by atoms with Crippen LogP contribution < -0.4 is 11.1 Å². The van der Waals surface area contributed by atoms with Crippen molar-refractivity contribution in [3.63, 3.8) is 0 Å². The van der Waals surface area contributed by atoms with Gasteiger partial charge >= 0.3 is 5.76 Å². The van der Waals surface area contributed by atoms with Crippen LogP contribution in [0.2, 0.25) is 0 Å². The summed E-state index contributed by atoms with van der Waals surface area (Å²) in [5.41, 5.74) is 3.39. The molecule has 24 heavy (non-hydrogen) atoms. The van der Waals surface area contributed by atoms with Crippen LogP contribution in [0.15, 0.2) is 63.3 Å². The first-order valence-electron chi connectivity index (χ1n) is 7.75. The van der Waals surface area contributed by atoms with Crippen molar-refractivity contribution in [1.29, 1.82) is 0 Å². The van der Waals surface area contributed by atoms with Gasteiger partial charge in [-0.25, -0.2) is 4.79 Å². The summed E-state index contributed by atoms with van der Waals surface area (Å²) in [5.74, 6) is -0.592. The van der Waals surface area contributed by atoms with Crippen molar-refractivity contribution in [2.75, 3.05) is 5.32 Å². The average molecular weight is 322 g/mol. The molecular formula is C19H18N2O3. The molecule has 122 valence electrons. The third kappa shape index (κ3) is 3.15. The first-order valence-corrected chi connectivity index (χ1v) is 7.75. The molecule has 0 unspecified atom stereocenters. The van der Waals surface area contributed by atoms with E-state index < -0.39 is 5.76 Å². The van der Waals surface area contributed by atoms with Crippen molar-refractivity contribution < 1.29 is 9.21 Å². The standard InChI is InChI=1S/C19H18N2O3/c1-3-14(11-13-7-5-4-6-8-13)18(22)20-15-9-10-16-17(12-15)24-19(23)21(16)2/h4-12H,3H2,1-2H3,(H,20,22)/b14-11+. The second-order valence-corrected chi connectivity index (χ2v) is 5.50. The number of oxazole rings is 1. The highest BCUT2D eigenvalue weighted by Gasteiger charge is 2.11. The Bertz CT molecular complexity index is 965. The van der Waals surface area contributed by atoms with Crippen molar-refractivity contribution in [1.82, 2.24) is 4.57 Å². The fourth-order valence-electron chi connectivity index (χ4n) is 2.50. The predicted molar refractivity (Wildman–Crippen MR) is 94.8 cm³/mol. The molecule has 0 fully saturated rings. The number of hydrogen-bond acceptors (Lipinski definition) is 3. The van der Waals surface area contributed by atoms with Gasteiger partial charge in [-0.15, -0.1) is 0 Å². The van der Waals surface area contributed by atoms with Crippen LogP contribution in [-0.4, -0.2) is 10.5 Å². The molecular weight excluding hydrogens is 304 g/mol. The molecule has 0 aliphatic heterocycles. The largest absolute Gasteiger partial charge is 0.419 e. The van der Waals surface area contributed by atoms with Gasteiger partial charge in [-0.05, 0) is 30.2 Å². The van der Waals surface area contributed by atoms with E-state index in [1.165, 1.54) is 4.57 Å². The Balaban J connectivity index is 1.85. The van der Waals surface area contributed by atoms with Crippen LogP contribution >= 0.6 is 0 Å². The van der Waals surface area contributed by atoms with E-state index in [9.17, 15) is 9.59 Å². The second kappa shape index (κ2) is 6.58. The van der Waals surface area contributed by atoms with Gasteiger partial charge in [0.05, 0.1) is 5.52 Å². The van der Waals surface area contributed by atoms with E-state index in [-0.39, 0.29) is 5.91 Å². The zero-order valence-corrected chi connectivity index (χ0v) is 13.6. The summed E-state index contributed by atoms with van der Waals surface area (Å²) in [4.78, 5) is 24.0. The number of carbonyl (C=O) groups is 1. The minimum Gasteiger partial charge on any atom is -0.408 e. The van der Waals surface area contributed by atoms with Crippen LogP contribution in [0.25, 0.3) is 17.2 Å². The summed E-state index contributed by atoms with van der Waals surface area (Å²) < 4.78 is 6.57. The third-order valence-corrected chi connectivity index (χ3v) is 3.86. The Morgan fingerprint density at radius 3 is 2.67 bits per heavy atom. The van der Waals surface area contributed by atoms with E-state index >= 15 is 0 Å². The van der Waals surface area contributed by atoms with Crippen LogP contribution in [0.5, 0.6) is 0 Å². The van der Waals surface area contributed by atoms with Crippen LogP contribution in [0, 0.1) is 0 Å². The zero-order chi connectivity index (χ0) is 17.1. The average Bonchev–Trinajstić information content (AvgIpc) is 2.87. The van der Waals surface area contributed by atoms with Gasteiger partial charge in [0.25, 0.3) is 5.91 Å². The number of benzene rings is 2. The van der Waals surface area contributed by atoms with Crippen LogP contribution in [0.3, 0.4) is 0 Å². The smallest absolute Gasteiger partial charge is 0.408 e. The van der Waals surface area contributed by atoms with Crippen molar-refractivity contribution >= 4 is 28.8 Å². The Morgan fingerprint density at radius 1 is 1.21 bits per heavy atom. The lowest BCUT2D eigenvalue weighted by Gasteiger charge is -2.07. The Morgan fingerprint density at radius 2 is 1.96 bits per heavy atom. The normalized spacial score (nSPS) is 11.7. The molecule has 5 nitrogen and oxygen atoms in total. The lowest BCUT2D eigenvalue weighted by molar-refractivity contribution is -0.112. The quantitative estimate of drug-likeness (QED) is 0.747. The highest BCUT2D eigenvalue weighted by atomic mass is 16.4. The predicted octanol–water partition coefficient (Wildman–Crippen LogP) is 3.56. The number of nitrogens with one attached hydrogen (secondary N) is 1. The summed E-state index contributed by atoms with van der Waals surface area (Å²) in [6.45, 7) is 1.94. The zero-order valence-electron chi connectivity index (χ0n) is 13.6. The molecule has 3 aromatic rings. The first kappa shape index (κ1) is 15.8. The molecule has 1 aromatic heterocycles. The molecule has 0 aliphatic carbocycles. The van der Waals surface area contributed by atoms with Crippen LogP contribution in [0.4, 0.5) is 5.69 Å². The van der Waals surface area contributed by atoms with Crippen molar-refractivity contribution in [2.45, 2.75) is 13.3 Å². The lowest BCUT2D eigenvalue weighted by atomic mass is 10.1. The molecule has 3 rings (SSSR count). The molecule has 0 saturated heterocycles. The summed E-state index contributed by atoms with van der Waals surface area (Å²) >= 11 is 0. The van der Waals surface area contributed by atoms with Gasteiger partial charge in [-0.3, -0.25) is 9.36 Å². The van der Waals surface area contributed by atoms with E-state index in [4.69, 9.17) is 4.42 Å². The third-order valence-electron chi connectivity index (χ3n) is 3.86. The van der Waals surface area contributed by atoms with Crippen molar-refractivity contribution in [3.05, 3.63) is 70.2 Å². The topological polar surface area (TPSA) is 64.2 Å². The van der Waals surface area contributed by atoms with Gasteiger partial charge in [0.2, 0.25) is 0 Å². The number of carbonyl (C=O) groups excluding carboxylic acids is 1. The molecule has 5 heteroatoms. The molecule has 1 heterocycles. The van der Waals surface area contributed by atoms with Crippen LogP contribution in [0.1, 0.15) is 18.9 Å².